The van der Waals surface area contributed by atoms with E-state index in [1.165, 1.54) is 12.1 Å². The van der Waals surface area contributed by atoms with Gasteiger partial charge in [0.2, 0.25) is 0 Å². The first-order valence-electron chi connectivity index (χ1n) is 4.29. The molecule has 0 saturated heterocycles. The summed E-state index contributed by atoms with van der Waals surface area (Å²) in [5, 5.41) is 10.5. The zero-order valence-electron chi connectivity index (χ0n) is 7.90. The molecule has 0 amide bonds. The highest BCUT2D eigenvalue weighted by atomic mass is 16.6. The number of nitro groups is 1. The van der Waals surface area contributed by atoms with Gasteiger partial charge in [0.15, 0.2) is 0 Å². The molecule has 0 aliphatic carbocycles. The van der Waals surface area contributed by atoms with Gasteiger partial charge in [0.25, 0.3) is 5.69 Å². The summed E-state index contributed by atoms with van der Waals surface area (Å²) in [6, 6.07) is 4.42. The largest absolute Gasteiger partial charge is 0.494 e. The standard InChI is InChI=1S/C9H12N2O3/c1-2-14-9-4-3-8(11(12)13)5-7(9)6-10/h3-5H,2,6,10H2,1H3. The highest BCUT2D eigenvalue weighted by Gasteiger charge is 2.09. The molecule has 0 radical (unpaired) electrons. The molecular weight excluding hydrogens is 184 g/mol. The maximum Gasteiger partial charge on any atom is 0.270 e. The van der Waals surface area contributed by atoms with Gasteiger partial charge < -0.3 is 10.5 Å². The lowest BCUT2D eigenvalue weighted by Gasteiger charge is -2.07. The first-order valence-corrected chi connectivity index (χ1v) is 4.29. The maximum atomic E-state index is 10.5. The van der Waals surface area contributed by atoms with E-state index in [0.717, 1.165) is 0 Å². The van der Waals surface area contributed by atoms with Crippen LogP contribution in [0.2, 0.25) is 0 Å². The molecule has 0 bridgehead atoms. The van der Waals surface area contributed by atoms with Crippen LogP contribution in [0.3, 0.4) is 0 Å². The van der Waals surface area contributed by atoms with Crippen LogP contribution in [0.5, 0.6) is 5.75 Å². The number of benzene rings is 1. The van der Waals surface area contributed by atoms with Crippen molar-refractivity contribution in [2.24, 2.45) is 5.73 Å². The SMILES string of the molecule is CCOc1ccc([N+](=O)[O-])cc1CN. The Morgan fingerprint density at radius 3 is 2.79 bits per heavy atom. The van der Waals surface area contributed by atoms with E-state index in [1.807, 2.05) is 6.92 Å². The number of nitro benzene ring substituents is 1. The van der Waals surface area contributed by atoms with Crippen LogP contribution in [0.25, 0.3) is 0 Å². The lowest BCUT2D eigenvalue weighted by atomic mass is 10.2. The topological polar surface area (TPSA) is 78.4 Å². The zero-order valence-corrected chi connectivity index (χ0v) is 7.90. The molecule has 0 unspecified atom stereocenters. The third kappa shape index (κ3) is 2.20. The fourth-order valence-corrected chi connectivity index (χ4v) is 1.14. The van der Waals surface area contributed by atoms with Crippen molar-refractivity contribution in [2.75, 3.05) is 6.61 Å². The predicted molar refractivity (Wildman–Crippen MR) is 52.2 cm³/mol. The molecule has 76 valence electrons. The van der Waals surface area contributed by atoms with Gasteiger partial charge in [-0.3, -0.25) is 10.1 Å². The van der Waals surface area contributed by atoms with Crippen LogP contribution in [0.4, 0.5) is 5.69 Å². The van der Waals surface area contributed by atoms with Crippen molar-refractivity contribution in [3.8, 4) is 5.75 Å². The molecule has 1 aromatic carbocycles. The fourth-order valence-electron chi connectivity index (χ4n) is 1.14. The number of rotatable bonds is 4. The summed E-state index contributed by atoms with van der Waals surface area (Å²) in [5.74, 6) is 0.612. The highest BCUT2D eigenvalue weighted by molar-refractivity contribution is 5.43. The number of nitrogens with two attached hydrogens (primary N) is 1. The summed E-state index contributed by atoms with van der Waals surface area (Å²) >= 11 is 0. The lowest BCUT2D eigenvalue weighted by Crippen LogP contribution is -2.03. The van der Waals surface area contributed by atoms with E-state index >= 15 is 0 Å². The second kappa shape index (κ2) is 4.57. The van der Waals surface area contributed by atoms with E-state index in [2.05, 4.69) is 0 Å². The Morgan fingerprint density at radius 2 is 2.29 bits per heavy atom. The average Bonchev–Trinajstić information content (AvgIpc) is 2.18. The molecule has 5 heteroatoms. The number of hydrogen-bond donors (Lipinski definition) is 1. The summed E-state index contributed by atoms with van der Waals surface area (Å²) in [6.45, 7) is 2.60. The lowest BCUT2D eigenvalue weighted by molar-refractivity contribution is -0.384. The Kier molecular flexibility index (Phi) is 3.41. The van der Waals surface area contributed by atoms with Gasteiger partial charge in [0.1, 0.15) is 5.75 Å². The van der Waals surface area contributed by atoms with Crippen molar-refractivity contribution in [1.82, 2.24) is 0 Å². The number of hydrogen-bond acceptors (Lipinski definition) is 4. The molecule has 0 saturated carbocycles. The molecule has 0 aliphatic rings. The molecule has 0 spiro atoms. The van der Waals surface area contributed by atoms with Crippen LogP contribution in [0, 0.1) is 10.1 Å². The summed E-state index contributed by atoms with van der Waals surface area (Å²) in [5.41, 5.74) is 6.14. The van der Waals surface area contributed by atoms with Crippen molar-refractivity contribution in [3.05, 3.63) is 33.9 Å². The van der Waals surface area contributed by atoms with E-state index in [-0.39, 0.29) is 12.2 Å². The van der Waals surface area contributed by atoms with E-state index in [9.17, 15) is 10.1 Å². The quantitative estimate of drug-likeness (QED) is 0.584. The molecule has 1 rings (SSSR count). The molecule has 1 aromatic rings. The fraction of sp³-hybridized carbons (Fsp3) is 0.333. The molecule has 0 heterocycles. The Morgan fingerprint density at radius 1 is 1.57 bits per heavy atom. The van der Waals surface area contributed by atoms with Crippen LogP contribution in [-0.2, 0) is 6.54 Å². The summed E-state index contributed by atoms with van der Waals surface area (Å²) in [7, 11) is 0. The molecule has 0 aliphatic heterocycles. The monoisotopic (exact) mass is 196 g/mol. The smallest absolute Gasteiger partial charge is 0.270 e. The van der Waals surface area contributed by atoms with Gasteiger partial charge in [0, 0.05) is 24.2 Å². The third-order valence-electron chi connectivity index (χ3n) is 1.77. The zero-order chi connectivity index (χ0) is 10.6. The normalized spacial score (nSPS) is 9.86. The van der Waals surface area contributed by atoms with Gasteiger partial charge in [-0.2, -0.15) is 0 Å². The van der Waals surface area contributed by atoms with Crippen LogP contribution in [-0.4, -0.2) is 11.5 Å². The van der Waals surface area contributed by atoms with E-state index in [1.54, 1.807) is 6.07 Å². The summed E-state index contributed by atoms with van der Waals surface area (Å²) in [4.78, 5) is 10.0. The summed E-state index contributed by atoms with van der Waals surface area (Å²) < 4.78 is 5.26. The molecule has 14 heavy (non-hydrogen) atoms. The molecule has 0 atom stereocenters. The van der Waals surface area contributed by atoms with E-state index < -0.39 is 4.92 Å². The number of ether oxygens (including phenoxy) is 1. The molecule has 5 nitrogen and oxygen atoms in total. The van der Waals surface area contributed by atoms with Gasteiger partial charge in [-0.25, -0.2) is 0 Å². The van der Waals surface area contributed by atoms with Crippen molar-refractivity contribution < 1.29 is 9.66 Å². The Bertz CT molecular complexity index is 339. The van der Waals surface area contributed by atoms with Gasteiger partial charge in [-0.1, -0.05) is 0 Å². The van der Waals surface area contributed by atoms with Gasteiger partial charge in [-0.15, -0.1) is 0 Å². The number of non-ortho nitro benzene ring substituents is 1. The van der Waals surface area contributed by atoms with Crippen molar-refractivity contribution in [2.45, 2.75) is 13.5 Å². The Labute approximate surface area is 81.6 Å². The minimum atomic E-state index is -0.450. The van der Waals surface area contributed by atoms with Gasteiger partial charge in [0.05, 0.1) is 11.5 Å². The first-order chi connectivity index (χ1) is 6.69. The average molecular weight is 196 g/mol. The summed E-state index contributed by atoms with van der Waals surface area (Å²) in [6.07, 6.45) is 0. The van der Waals surface area contributed by atoms with Crippen molar-refractivity contribution >= 4 is 5.69 Å². The maximum absolute atomic E-state index is 10.5. The van der Waals surface area contributed by atoms with Crippen LogP contribution < -0.4 is 10.5 Å². The highest BCUT2D eigenvalue weighted by Crippen LogP contribution is 2.23. The van der Waals surface area contributed by atoms with Gasteiger partial charge >= 0.3 is 0 Å². The molecule has 2 N–H and O–H groups in total. The van der Waals surface area contributed by atoms with Crippen LogP contribution >= 0.6 is 0 Å². The number of nitrogens with zero attached hydrogens (tertiary/aromatic N) is 1. The predicted octanol–water partition coefficient (Wildman–Crippen LogP) is 1.45. The Balaban J connectivity index is 3.04. The minimum Gasteiger partial charge on any atom is -0.494 e. The van der Waals surface area contributed by atoms with Crippen LogP contribution in [0.15, 0.2) is 18.2 Å². The third-order valence-corrected chi connectivity index (χ3v) is 1.77. The van der Waals surface area contributed by atoms with E-state index in [4.69, 9.17) is 10.5 Å². The molecule has 0 fully saturated rings. The second-order valence-electron chi connectivity index (χ2n) is 2.69. The molecule has 0 aromatic heterocycles. The second-order valence-corrected chi connectivity index (χ2v) is 2.69. The van der Waals surface area contributed by atoms with Gasteiger partial charge in [-0.05, 0) is 13.0 Å². The van der Waals surface area contributed by atoms with Crippen molar-refractivity contribution in [3.63, 3.8) is 0 Å². The first kappa shape index (κ1) is 10.5. The minimum absolute atomic E-state index is 0.0360. The van der Waals surface area contributed by atoms with Crippen LogP contribution in [0.1, 0.15) is 12.5 Å². The molecular formula is C9H12N2O3. The Hall–Kier alpha value is -1.62. The van der Waals surface area contributed by atoms with E-state index in [0.29, 0.717) is 17.9 Å². The van der Waals surface area contributed by atoms with Crippen molar-refractivity contribution in [1.29, 1.82) is 0 Å².